The van der Waals surface area contributed by atoms with E-state index in [0.717, 1.165) is 5.56 Å². The number of hydrogen-bond acceptors (Lipinski definition) is 2. The minimum atomic E-state index is -4.42. The molecule has 1 amide bonds. The van der Waals surface area contributed by atoms with E-state index in [2.05, 4.69) is 5.32 Å². The third-order valence-corrected chi connectivity index (χ3v) is 2.41. The van der Waals surface area contributed by atoms with Crippen molar-refractivity contribution < 1.29 is 18.0 Å². The number of nitrogens with one attached hydrogen (secondary N) is 1. The summed E-state index contributed by atoms with van der Waals surface area (Å²) in [6.07, 6.45) is -5.27. The van der Waals surface area contributed by atoms with Gasteiger partial charge in [0.05, 0.1) is 0 Å². The van der Waals surface area contributed by atoms with Crippen LogP contribution >= 0.6 is 11.3 Å². The molecule has 0 bridgehead atoms. The molecule has 1 heterocycles. The molecule has 15 heavy (non-hydrogen) atoms. The first kappa shape index (κ1) is 12.0. The molecule has 0 fully saturated rings. The van der Waals surface area contributed by atoms with Gasteiger partial charge in [-0.15, -0.1) is 0 Å². The SMILES string of the molecule is O=C(CC(F)(F)F)NCCc1ccsc1. The van der Waals surface area contributed by atoms with Crippen LogP contribution in [-0.4, -0.2) is 18.6 Å². The summed E-state index contributed by atoms with van der Waals surface area (Å²) in [5.74, 6) is -0.974. The highest BCUT2D eigenvalue weighted by Gasteiger charge is 2.30. The van der Waals surface area contributed by atoms with Crippen LogP contribution in [0.3, 0.4) is 0 Å². The molecule has 84 valence electrons. The van der Waals surface area contributed by atoms with E-state index in [-0.39, 0.29) is 6.54 Å². The van der Waals surface area contributed by atoms with E-state index < -0.39 is 18.5 Å². The third kappa shape index (κ3) is 5.41. The van der Waals surface area contributed by atoms with Crippen LogP contribution in [0, 0.1) is 0 Å². The lowest BCUT2D eigenvalue weighted by atomic mass is 10.2. The summed E-state index contributed by atoms with van der Waals surface area (Å²) in [6.45, 7) is 0.242. The molecule has 2 nitrogen and oxygen atoms in total. The fourth-order valence-corrected chi connectivity index (χ4v) is 1.73. The molecule has 0 atom stereocenters. The number of hydrogen-bond donors (Lipinski definition) is 1. The molecule has 0 aromatic carbocycles. The summed E-state index contributed by atoms with van der Waals surface area (Å²) in [5, 5.41) is 6.00. The maximum atomic E-state index is 11.7. The highest BCUT2D eigenvalue weighted by Crippen LogP contribution is 2.18. The standard InChI is InChI=1S/C9H10F3NOS/c10-9(11,12)5-8(14)13-3-1-7-2-4-15-6-7/h2,4,6H,1,3,5H2,(H,13,14). The van der Waals surface area contributed by atoms with Crippen molar-refractivity contribution in [3.05, 3.63) is 22.4 Å². The monoisotopic (exact) mass is 237 g/mol. The maximum absolute atomic E-state index is 11.7. The number of halogens is 3. The Balaban J connectivity index is 2.18. The molecule has 0 aliphatic rings. The third-order valence-electron chi connectivity index (χ3n) is 1.68. The Kier molecular flexibility index (Phi) is 4.14. The molecule has 0 radical (unpaired) electrons. The van der Waals surface area contributed by atoms with Gasteiger partial charge < -0.3 is 5.32 Å². The average molecular weight is 237 g/mol. The maximum Gasteiger partial charge on any atom is 0.397 e. The van der Waals surface area contributed by atoms with E-state index in [1.807, 2.05) is 16.8 Å². The van der Waals surface area contributed by atoms with Crippen molar-refractivity contribution in [3.8, 4) is 0 Å². The molecule has 0 spiro atoms. The van der Waals surface area contributed by atoms with Gasteiger partial charge in [-0.1, -0.05) is 0 Å². The molecule has 1 N–H and O–H groups in total. The van der Waals surface area contributed by atoms with Crippen molar-refractivity contribution in [2.45, 2.75) is 19.0 Å². The quantitative estimate of drug-likeness (QED) is 0.855. The van der Waals surface area contributed by atoms with Crippen molar-refractivity contribution in [2.75, 3.05) is 6.54 Å². The first-order valence-corrected chi connectivity index (χ1v) is 5.26. The largest absolute Gasteiger partial charge is 0.397 e. The van der Waals surface area contributed by atoms with Crippen molar-refractivity contribution in [3.63, 3.8) is 0 Å². The smallest absolute Gasteiger partial charge is 0.355 e. The van der Waals surface area contributed by atoms with Crippen LogP contribution in [0.5, 0.6) is 0 Å². The molecule has 0 aliphatic heterocycles. The minimum Gasteiger partial charge on any atom is -0.355 e. The van der Waals surface area contributed by atoms with E-state index in [1.54, 1.807) is 0 Å². The number of carbonyl (C=O) groups is 1. The number of carbonyl (C=O) groups excluding carboxylic acids is 1. The van der Waals surface area contributed by atoms with Gasteiger partial charge in [-0.05, 0) is 28.8 Å². The van der Waals surface area contributed by atoms with Gasteiger partial charge in [-0.25, -0.2) is 0 Å². The van der Waals surface area contributed by atoms with E-state index in [4.69, 9.17) is 0 Å². The lowest BCUT2D eigenvalue weighted by Crippen LogP contribution is -2.30. The Morgan fingerprint density at radius 3 is 2.73 bits per heavy atom. The summed E-state index contributed by atoms with van der Waals surface area (Å²) in [4.78, 5) is 10.8. The lowest BCUT2D eigenvalue weighted by molar-refractivity contribution is -0.153. The molecule has 1 rings (SSSR count). The molecule has 0 unspecified atom stereocenters. The van der Waals surface area contributed by atoms with E-state index in [1.165, 1.54) is 11.3 Å². The zero-order valence-corrected chi connectivity index (χ0v) is 8.62. The van der Waals surface area contributed by atoms with Crippen LogP contribution in [0.1, 0.15) is 12.0 Å². The minimum absolute atomic E-state index is 0.242. The van der Waals surface area contributed by atoms with Crippen LogP contribution in [0.15, 0.2) is 16.8 Å². The number of thiophene rings is 1. The molecule has 1 aromatic heterocycles. The van der Waals surface area contributed by atoms with Gasteiger partial charge in [-0.2, -0.15) is 24.5 Å². The second-order valence-electron chi connectivity index (χ2n) is 3.02. The van der Waals surface area contributed by atoms with Crippen molar-refractivity contribution in [2.24, 2.45) is 0 Å². The molecular weight excluding hydrogens is 227 g/mol. The first-order valence-electron chi connectivity index (χ1n) is 4.32. The molecule has 0 saturated heterocycles. The van der Waals surface area contributed by atoms with Gasteiger partial charge in [-0.3, -0.25) is 4.79 Å². The first-order chi connectivity index (χ1) is 6.97. The lowest BCUT2D eigenvalue weighted by Gasteiger charge is -2.06. The van der Waals surface area contributed by atoms with Crippen molar-refractivity contribution in [1.82, 2.24) is 5.32 Å². The van der Waals surface area contributed by atoms with Gasteiger partial charge >= 0.3 is 6.18 Å². The van der Waals surface area contributed by atoms with Crippen LogP contribution in [0.2, 0.25) is 0 Å². The van der Waals surface area contributed by atoms with Gasteiger partial charge in [0.2, 0.25) is 5.91 Å². The summed E-state index contributed by atoms with van der Waals surface area (Å²) in [6, 6.07) is 1.88. The zero-order valence-electron chi connectivity index (χ0n) is 7.80. The van der Waals surface area contributed by atoms with Gasteiger partial charge in [0.25, 0.3) is 0 Å². The van der Waals surface area contributed by atoms with Crippen LogP contribution in [0.4, 0.5) is 13.2 Å². The highest BCUT2D eigenvalue weighted by molar-refractivity contribution is 7.07. The molecule has 0 aliphatic carbocycles. The van der Waals surface area contributed by atoms with E-state index in [9.17, 15) is 18.0 Å². The summed E-state index contributed by atoms with van der Waals surface area (Å²) >= 11 is 1.52. The number of alkyl halides is 3. The second kappa shape index (κ2) is 5.16. The van der Waals surface area contributed by atoms with Gasteiger partial charge in [0.15, 0.2) is 0 Å². The summed E-state index contributed by atoms with van der Waals surface area (Å²) in [5.41, 5.74) is 1.02. The highest BCUT2D eigenvalue weighted by atomic mass is 32.1. The molecule has 1 aromatic rings. The summed E-state index contributed by atoms with van der Waals surface area (Å²) in [7, 11) is 0. The fraction of sp³-hybridized carbons (Fsp3) is 0.444. The van der Waals surface area contributed by atoms with Gasteiger partial charge in [0.1, 0.15) is 6.42 Å². The van der Waals surface area contributed by atoms with Crippen LogP contribution in [-0.2, 0) is 11.2 Å². The Labute approximate surface area is 89.1 Å². The van der Waals surface area contributed by atoms with E-state index in [0.29, 0.717) is 6.42 Å². The topological polar surface area (TPSA) is 29.1 Å². The number of amides is 1. The average Bonchev–Trinajstić information content (AvgIpc) is 2.53. The Hall–Kier alpha value is -1.04. The normalized spacial score (nSPS) is 11.4. The predicted molar refractivity (Wildman–Crippen MR) is 51.7 cm³/mol. The predicted octanol–water partition coefficient (Wildman–Crippen LogP) is 2.36. The Bertz CT molecular complexity index is 308. The molecule has 0 saturated carbocycles. The number of rotatable bonds is 4. The van der Waals surface area contributed by atoms with Gasteiger partial charge in [0, 0.05) is 6.54 Å². The Morgan fingerprint density at radius 1 is 1.47 bits per heavy atom. The Morgan fingerprint density at radius 2 is 2.20 bits per heavy atom. The molecular formula is C9H10F3NOS. The van der Waals surface area contributed by atoms with E-state index >= 15 is 0 Å². The second-order valence-corrected chi connectivity index (χ2v) is 3.80. The van der Waals surface area contributed by atoms with Crippen LogP contribution in [0.25, 0.3) is 0 Å². The van der Waals surface area contributed by atoms with Crippen LogP contribution < -0.4 is 5.32 Å². The molecule has 6 heteroatoms. The summed E-state index contributed by atoms with van der Waals surface area (Å²) < 4.78 is 35.2. The fourth-order valence-electron chi connectivity index (χ4n) is 1.03. The zero-order chi connectivity index (χ0) is 11.3. The van der Waals surface area contributed by atoms with Crippen molar-refractivity contribution in [1.29, 1.82) is 0 Å². The van der Waals surface area contributed by atoms with Crippen molar-refractivity contribution >= 4 is 17.2 Å².